The number of likely N-dealkylation sites (tertiary alicyclic amines) is 1. The zero-order valence-corrected chi connectivity index (χ0v) is 7.43. The minimum atomic E-state index is 0.803. The Balaban J connectivity index is 2.41. The van der Waals surface area contributed by atoms with Gasteiger partial charge in [0.05, 0.1) is 0 Å². The quantitative estimate of drug-likeness (QED) is 0.499. The Hall–Kier alpha value is -0.0400. The van der Waals surface area contributed by atoms with E-state index in [2.05, 4.69) is 25.8 Å². The molecule has 0 N–H and O–H groups in total. The van der Waals surface area contributed by atoms with Gasteiger partial charge in [0.25, 0.3) is 0 Å². The molecule has 10 heavy (non-hydrogen) atoms. The van der Waals surface area contributed by atoms with E-state index in [1.165, 1.54) is 25.8 Å². The first kappa shape index (κ1) is 8.06. The smallest absolute Gasteiger partial charge is 0.00664 e. The van der Waals surface area contributed by atoms with Crippen LogP contribution in [0.3, 0.4) is 0 Å². The molecule has 1 fully saturated rings. The first-order valence-corrected chi connectivity index (χ1v) is 4.40. The third-order valence-electron chi connectivity index (χ3n) is 2.70. The SMILES string of the molecule is CC1CCCN(C)[C@@H](C)C1. The van der Waals surface area contributed by atoms with Gasteiger partial charge in [-0.2, -0.15) is 0 Å². The van der Waals surface area contributed by atoms with Gasteiger partial charge in [-0.25, -0.2) is 0 Å². The average molecular weight is 141 g/mol. The summed E-state index contributed by atoms with van der Waals surface area (Å²) in [5, 5.41) is 0. The van der Waals surface area contributed by atoms with Crippen molar-refractivity contribution in [3.63, 3.8) is 0 Å². The maximum atomic E-state index is 2.48. The molecule has 0 bridgehead atoms. The van der Waals surface area contributed by atoms with Gasteiger partial charge in [0.1, 0.15) is 0 Å². The van der Waals surface area contributed by atoms with E-state index in [4.69, 9.17) is 0 Å². The van der Waals surface area contributed by atoms with E-state index in [-0.39, 0.29) is 0 Å². The Morgan fingerprint density at radius 1 is 1.30 bits per heavy atom. The summed E-state index contributed by atoms with van der Waals surface area (Å²) in [4.78, 5) is 2.48. The Kier molecular flexibility index (Phi) is 2.72. The van der Waals surface area contributed by atoms with Crippen LogP contribution in [-0.4, -0.2) is 24.5 Å². The van der Waals surface area contributed by atoms with Crippen molar-refractivity contribution < 1.29 is 0 Å². The molecule has 1 saturated heterocycles. The third-order valence-corrected chi connectivity index (χ3v) is 2.70. The van der Waals surface area contributed by atoms with Crippen molar-refractivity contribution in [2.45, 2.75) is 39.2 Å². The largest absolute Gasteiger partial charge is 0.304 e. The summed E-state index contributed by atoms with van der Waals surface area (Å²) in [6.45, 7) is 6.00. The fraction of sp³-hybridized carbons (Fsp3) is 1.00. The predicted molar refractivity (Wildman–Crippen MR) is 45.1 cm³/mol. The van der Waals surface area contributed by atoms with E-state index in [0.29, 0.717) is 0 Å². The highest BCUT2D eigenvalue weighted by Gasteiger charge is 2.16. The second kappa shape index (κ2) is 3.38. The van der Waals surface area contributed by atoms with Crippen LogP contribution in [0.2, 0.25) is 0 Å². The zero-order valence-electron chi connectivity index (χ0n) is 7.43. The van der Waals surface area contributed by atoms with Crippen LogP contribution in [0.15, 0.2) is 0 Å². The van der Waals surface area contributed by atoms with Crippen LogP contribution >= 0.6 is 0 Å². The van der Waals surface area contributed by atoms with Crippen LogP contribution in [0, 0.1) is 5.92 Å². The second-order valence-corrected chi connectivity index (χ2v) is 3.81. The van der Waals surface area contributed by atoms with Crippen LogP contribution in [0.1, 0.15) is 33.1 Å². The molecule has 1 rings (SSSR count). The summed E-state index contributed by atoms with van der Waals surface area (Å²) in [6, 6.07) is 0.803. The van der Waals surface area contributed by atoms with Crippen LogP contribution in [0.5, 0.6) is 0 Å². The molecule has 1 heterocycles. The van der Waals surface area contributed by atoms with Gasteiger partial charge < -0.3 is 4.90 Å². The van der Waals surface area contributed by atoms with E-state index in [1.54, 1.807) is 0 Å². The number of hydrogen-bond acceptors (Lipinski definition) is 1. The molecular weight excluding hydrogens is 122 g/mol. The molecule has 0 amide bonds. The van der Waals surface area contributed by atoms with E-state index in [9.17, 15) is 0 Å². The fourth-order valence-electron chi connectivity index (χ4n) is 1.79. The molecule has 0 aromatic rings. The second-order valence-electron chi connectivity index (χ2n) is 3.81. The van der Waals surface area contributed by atoms with Crippen molar-refractivity contribution >= 4 is 0 Å². The minimum absolute atomic E-state index is 0.803. The van der Waals surface area contributed by atoms with Gasteiger partial charge in [-0.05, 0) is 45.7 Å². The average Bonchev–Trinajstić information content (AvgIpc) is 1.96. The molecule has 1 aliphatic rings. The minimum Gasteiger partial charge on any atom is -0.304 e. The van der Waals surface area contributed by atoms with Gasteiger partial charge in [0.15, 0.2) is 0 Å². The molecule has 1 unspecified atom stereocenters. The Bertz CT molecular complexity index is 101. The Morgan fingerprint density at radius 2 is 2.00 bits per heavy atom. The van der Waals surface area contributed by atoms with Crippen LogP contribution < -0.4 is 0 Å². The zero-order chi connectivity index (χ0) is 7.56. The normalized spacial score (nSPS) is 37.5. The lowest BCUT2D eigenvalue weighted by molar-refractivity contribution is 0.255. The number of rotatable bonds is 0. The van der Waals surface area contributed by atoms with Crippen molar-refractivity contribution in [1.82, 2.24) is 4.90 Å². The number of hydrogen-bond donors (Lipinski definition) is 0. The molecule has 0 aromatic heterocycles. The molecule has 0 aliphatic carbocycles. The molecule has 60 valence electrons. The van der Waals surface area contributed by atoms with Crippen molar-refractivity contribution in [2.75, 3.05) is 13.6 Å². The maximum absolute atomic E-state index is 2.48. The Labute approximate surface area is 64.4 Å². The highest BCUT2D eigenvalue weighted by Crippen LogP contribution is 2.19. The topological polar surface area (TPSA) is 3.24 Å². The summed E-state index contributed by atoms with van der Waals surface area (Å²) < 4.78 is 0. The lowest BCUT2D eigenvalue weighted by Crippen LogP contribution is -2.28. The highest BCUT2D eigenvalue weighted by molar-refractivity contribution is 4.71. The molecule has 2 atom stereocenters. The fourth-order valence-corrected chi connectivity index (χ4v) is 1.79. The van der Waals surface area contributed by atoms with Crippen molar-refractivity contribution in [2.24, 2.45) is 5.92 Å². The Morgan fingerprint density at radius 3 is 2.70 bits per heavy atom. The monoisotopic (exact) mass is 141 g/mol. The van der Waals surface area contributed by atoms with E-state index in [1.807, 2.05) is 0 Å². The summed E-state index contributed by atoms with van der Waals surface area (Å²) in [5.41, 5.74) is 0. The maximum Gasteiger partial charge on any atom is 0.00664 e. The van der Waals surface area contributed by atoms with Gasteiger partial charge in [-0.1, -0.05) is 6.92 Å². The molecule has 0 aromatic carbocycles. The highest BCUT2D eigenvalue weighted by atomic mass is 15.1. The lowest BCUT2D eigenvalue weighted by atomic mass is 10.0. The molecule has 1 nitrogen and oxygen atoms in total. The third kappa shape index (κ3) is 1.98. The molecule has 1 heteroatoms. The van der Waals surface area contributed by atoms with E-state index >= 15 is 0 Å². The molecule has 0 saturated carbocycles. The van der Waals surface area contributed by atoms with E-state index in [0.717, 1.165) is 12.0 Å². The predicted octanol–water partition coefficient (Wildman–Crippen LogP) is 2.13. The molecule has 0 spiro atoms. The van der Waals surface area contributed by atoms with E-state index < -0.39 is 0 Å². The van der Waals surface area contributed by atoms with Crippen molar-refractivity contribution in [1.29, 1.82) is 0 Å². The van der Waals surface area contributed by atoms with Gasteiger partial charge in [-0.15, -0.1) is 0 Å². The van der Waals surface area contributed by atoms with Crippen molar-refractivity contribution in [3.8, 4) is 0 Å². The first-order chi connectivity index (χ1) is 4.70. The summed E-state index contributed by atoms with van der Waals surface area (Å²) >= 11 is 0. The molecule has 0 radical (unpaired) electrons. The van der Waals surface area contributed by atoms with Crippen LogP contribution in [0.25, 0.3) is 0 Å². The standard InChI is InChI=1S/C9H19N/c1-8-5-4-6-10(3)9(2)7-8/h8-9H,4-7H2,1-3H3/t8?,9-/m0/s1. The summed E-state index contributed by atoms with van der Waals surface area (Å²) in [6.07, 6.45) is 4.20. The van der Waals surface area contributed by atoms with Crippen molar-refractivity contribution in [3.05, 3.63) is 0 Å². The lowest BCUT2D eigenvalue weighted by Gasteiger charge is -2.21. The van der Waals surface area contributed by atoms with Crippen LogP contribution in [-0.2, 0) is 0 Å². The molecule has 1 aliphatic heterocycles. The first-order valence-electron chi connectivity index (χ1n) is 4.40. The van der Waals surface area contributed by atoms with Gasteiger partial charge in [-0.3, -0.25) is 0 Å². The van der Waals surface area contributed by atoms with Gasteiger partial charge >= 0.3 is 0 Å². The number of nitrogens with zero attached hydrogens (tertiary/aromatic N) is 1. The molecular formula is C9H19N. The summed E-state index contributed by atoms with van der Waals surface area (Å²) in [5.74, 6) is 0.944. The van der Waals surface area contributed by atoms with Gasteiger partial charge in [0.2, 0.25) is 0 Å². The van der Waals surface area contributed by atoms with Gasteiger partial charge in [0, 0.05) is 6.04 Å². The van der Waals surface area contributed by atoms with Crippen LogP contribution in [0.4, 0.5) is 0 Å². The summed E-state index contributed by atoms with van der Waals surface area (Å²) in [7, 11) is 2.24.